The van der Waals surface area contributed by atoms with Crippen molar-refractivity contribution in [3.05, 3.63) is 65.0 Å². The Labute approximate surface area is 119 Å². The SMILES string of the molecule is CN(Cc1ccc(F)c(F)c1)C(=O)c1ccc(F)cc1N. The molecule has 0 aromatic heterocycles. The molecule has 0 fully saturated rings. The van der Waals surface area contributed by atoms with Gasteiger partial charge < -0.3 is 10.6 Å². The van der Waals surface area contributed by atoms with E-state index in [9.17, 15) is 18.0 Å². The maximum absolute atomic E-state index is 13.1. The monoisotopic (exact) mass is 294 g/mol. The fourth-order valence-corrected chi connectivity index (χ4v) is 1.92. The predicted molar refractivity (Wildman–Crippen MR) is 73.0 cm³/mol. The lowest BCUT2D eigenvalue weighted by atomic mass is 10.1. The van der Waals surface area contributed by atoms with Crippen molar-refractivity contribution in [3.63, 3.8) is 0 Å². The highest BCUT2D eigenvalue weighted by Gasteiger charge is 2.16. The Hall–Kier alpha value is -2.50. The molecule has 3 nitrogen and oxygen atoms in total. The van der Waals surface area contributed by atoms with E-state index in [2.05, 4.69) is 0 Å². The summed E-state index contributed by atoms with van der Waals surface area (Å²) >= 11 is 0. The zero-order valence-electron chi connectivity index (χ0n) is 11.2. The largest absolute Gasteiger partial charge is 0.398 e. The van der Waals surface area contributed by atoms with E-state index in [1.54, 1.807) is 0 Å². The minimum absolute atomic E-state index is 0.0251. The Morgan fingerprint density at radius 2 is 1.81 bits per heavy atom. The number of anilines is 1. The summed E-state index contributed by atoms with van der Waals surface area (Å²) in [5.74, 6) is -2.89. The van der Waals surface area contributed by atoms with Gasteiger partial charge in [0.1, 0.15) is 5.82 Å². The van der Waals surface area contributed by atoms with Crippen LogP contribution in [0.5, 0.6) is 0 Å². The number of hydrogen-bond acceptors (Lipinski definition) is 2. The number of nitrogens with zero attached hydrogens (tertiary/aromatic N) is 1. The molecule has 2 aromatic rings. The summed E-state index contributed by atoms with van der Waals surface area (Å²) in [5, 5.41) is 0. The third kappa shape index (κ3) is 3.34. The number of hydrogen-bond donors (Lipinski definition) is 1. The van der Waals surface area contributed by atoms with Crippen molar-refractivity contribution in [2.45, 2.75) is 6.54 Å². The molecule has 0 atom stereocenters. The lowest BCUT2D eigenvalue weighted by Gasteiger charge is -2.18. The second-order valence-corrected chi connectivity index (χ2v) is 4.64. The minimum atomic E-state index is -0.977. The van der Waals surface area contributed by atoms with Crippen molar-refractivity contribution < 1.29 is 18.0 Å². The molecule has 0 aliphatic carbocycles. The van der Waals surface area contributed by atoms with E-state index in [0.717, 1.165) is 24.3 Å². The molecule has 0 radical (unpaired) electrons. The van der Waals surface area contributed by atoms with Gasteiger partial charge in [0.15, 0.2) is 11.6 Å². The normalized spacial score (nSPS) is 10.5. The Balaban J connectivity index is 2.17. The average molecular weight is 294 g/mol. The van der Waals surface area contributed by atoms with Gasteiger partial charge in [-0.2, -0.15) is 0 Å². The van der Waals surface area contributed by atoms with E-state index < -0.39 is 23.4 Å². The summed E-state index contributed by atoms with van der Waals surface area (Å²) in [7, 11) is 1.49. The first-order chi connectivity index (χ1) is 9.88. The third-order valence-electron chi connectivity index (χ3n) is 2.99. The third-order valence-corrected chi connectivity index (χ3v) is 2.99. The minimum Gasteiger partial charge on any atom is -0.398 e. The lowest BCUT2D eigenvalue weighted by molar-refractivity contribution is 0.0786. The number of nitrogen functional groups attached to an aromatic ring is 1. The van der Waals surface area contributed by atoms with Crippen LogP contribution in [0.2, 0.25) is 0 Å². The quantitative estimate of drug-likeness (QED) is 0.885. The van der Waals surface area contributed by atoms with Gasteiger partial charge in [-0.3, -0.25) is 4.79 Å². The van der Waals surface area contributed by atoms with Crippen LogP contribution in [0.3, 0.4) is 0 Å². The molecular formula is C15H13F3N2O. The highest BCUT2D eigenvalue weighted by Crippen LogP contribution is 2.17. The second kappa shape index (κ2) is 5.87. The number of halogens is 3. The van der Waals surface area contributed by atoms with Gasteiger partial charge in [0, 0.05) is 19.3 Å². The summed E-state index contributed by atoms with van der Waals surface area (Å²) in [4.78, 5) is 13.5. The van der Waals surface area contributed by atoms with Crippen LogP contribution >= 0.6 is 0 Å². The van der Waals surface area contributed by atoms with Crippen molar-refractivity contribution in [2.75, 3.05) is 12.8 Å². The van der Waals surface area contributed by atoms with Crippen molar-refractivity contribution in [2.24, 2.45) is 0 Å². The van der Waals surface area contributed by atoms with Crippen molar-refractivity contribution in [1.29, 1.82) is 0 Å². The predicted octanol–water partition coefficient (Wildman–Crippen LogP) is 2.96. The number of rotatable bonds is 3. The van der Waals surface area contributed by atoms with E-state index in [-0.39, 0.29) is 17.8 Å². The van der Waals surface area contributed by atoms with Crippen LogP contribution in [0.15, 0.2) is 36.4 Å². The van der Waals surface area contributed by atoms with Gasteiger partial charge in [0.2, 0.25) is 0 Å². The molecule has 0 bridgehead atoms. The molecule has 2 aromatic carbocycles. The standard InChI is InChI=1S/C15H13F3N2O/c1-20(8-9-2-5-12(17)13(18)6-9)15(21)11-4-3-10(16)7-14(11)19/h2-7H,8,19H2,1H3. The van der Waals surface area contributed by atoms with Crippen molar-refractivity contribution in [1.82, 2.24) is 4.90 Å². The van der Waals surface area contributed by atoms with Crippen LogP contribution in [-0.2, 0) is 6.54 Å². The number of carbonyl (C=O) groups is 1. The number of carbonyl (C=O) groups excluding carboxylic acids is 1. The van der Waals surface area contributed by atoms with Gasteiger partial charge in [-0.05, 0) is 35.9 Å². The van der Waals surface area contributed by atoms with Gasteiger partial charge in [0.25, 0.3) is 5.91 Å². The molecule has 0 aliphatic rings. The van der Waals surface area contributed by atoms with Crippen LogP contribution in [0.1, 0.15) is 15.9 Å². The maximum Gasteiger partial charge on any atom is 0.255 e. The summed E-state index contributed by atoms with van der Waals surface area (Å²) in [6.45, 7) is 0.0762. The molecule has 0 spiro atoms. The molecule has 0 unspecified atom stereocenters. The van der Waals surface area contributed by atoms with Crippen molar-refractivity contribution >= 4 is 11.6 Å². The number of nitrogens with two attached hydrogens (primary N) is 1. The molecule has 21 heavy (non-hydrogen) atoms. The molecule has 6 heteroatoms. The zero-order valence-corrected chi connectivity index (χ0v) is 11.2. The lowest BCUT2D eigenvalue weighted by Crippen LogP contribution is -2.27. The van der Waals surface area contributed by atoms with Crippen LogP contribution in [0.25, 0.3) is 0 Å². The van der Waals surface area contributed by atoms with E-state index in [1.807, 2.05) is 0 Å². The van der Waals surface area contributed by atoms with Crippen LogP contribution in [-0.4, -0.2) is 17.9 Å². The highest BCUT2D eigenvalue weighted by atomic mass is 19.2. The Bertz CT molecular complexity index is 689. The molecule has 0 saturated carbocycles. The Kier molecular flexibility index (Phi) is 4.16. The summed E-state index contributed by atoms with van der Waals surface area (Å²) in [6, 6.07) is 6.88. The van der Waals surface area contributed by atoms with Crippen LogP contribution < -0.4 is 5.73 Å². The Morgan fingerprint density at radius 1 is 1.10 bits per heavy atom. The van der Waals surface area contributed by atoms with Gasteiger partial charge in [-0.15, -0.1) is 0 Å². The molecule has 2 N–H and O–H groups in total. The highest BCUT2D eigenvalue weighted by molar-refractivity contribution is 5.98. The number of benzene rings is 2. The second-order valence-electron chi connectivity index (χ2n) is 4.64. The van der Waals surface area contributed by atoms with Gasteiger partial charge in [-0.1, -0.05) is 6.07 Å². The van der Waals surface area contributed by atoms with Gasteiger partial charge in [-0.25, -0.2) is 13.2 Å². The number of amides is 1. The Morgan fingerprint density at radius 3 is 2.43 bits per heavy atom. The summed E-state index contributed by atoms with van der Waals surface area (Å²) in [5.41, 5.74) is 6.22. The molecule has 0 heterocycles. The molecule has 0 saturated heterocycles. The molecule has 110 valence electrons. The first-order valence-corrected chi connectivity index (χ1v) is 6.13. The fraction of sp³-hybridized carbons (Fsp3) is 0.133. The summed E-state index contributed by atoms with van der Waals surface area (Å²) < 4.78 is 38.9. The van der Waals surface area contributed by atoms with Crippen molar-refractivity contribution in [3.8, 4) is 0 Å². The molecular weight excluding hydrogens is 281 g/mol. The van der Waals surface area contributed by atoms with E-state index >= 15 is 0 Å². The fourth-order valence-electron chi connectivity index (χ4n) is 1.92. The van der Waals surface area contributed by atoms with Gasteiger partial charge >= 0.3 is 0 Å². The molecule has 0 aliphatic heterocycles. The topological polar surface area (TPSA) is 46.3 Å². The molecule has 1 amide bonds. The maximum atomic E-state index is 13.1. The van der Waals surface area contributed by atoms with Crippen LogP contribution in [0, 0.1) is 17.5 Å². The zero-order chi connectivity index (χ0) is 15.6. The first kappa shape index (κ1) is 14.9. The smallest absolute Gasteiger partial charge is 0.255 e. The van der Waals surface area contributed by atoms with E-state index in [4.69, 9.17) is 5.73 Å². The van der Waals surface area contributed by atoms with E-state index in [1.165, 1.54) is 24.1 Å². The van der Waals surface area contributed by atoms with Crippen LogP contribution in [0.4, 0.5) is 18.9 Å². The molecule has 2 rings (SSSR count). The van der Waals surface area contributed by atoms with Gasteiger partial charge in [0.05, 0.1) is 5.56 Å². The summed E-state index contributed by atoms with van der Waals surface area (Å²) in [6.07, 6.45) is 0. The first-order valence-electron chi connectivity index (χ1n) is 6.13. The van der Waals surface area contributed by atoms with E-state index in [0.29, 0.717) is 5.56 Å². The average Bonchev–Trinajstić information content (AvgIpc) is 2.42.